The number of aryl methyl sites for hydroxylation is 1. The van der Waals surface area contributed by atoms with Crippen LogP contribution in [0, 0.1) is 0 Å². The molecule has 28 heavy (non-hydrogen) atoms. The Labute approximate surface area is 162 Å². The van der Waals surface area contributed by atoms with Gasteiger partial charge < -0.3 is 9.67 Å². The van der Waals surface area contributed by atoms with Crippen molar-refractivity contribution in [2.24, 2.45) is 0 Å². The molecule has 6 aromatic rings. The molecule has 2 heteroatoms. The fourth-order valence-electron chi connectivity index (χ4n) is 4.82. The lowest BCUT2D eigenvalue weighted by Gasteiger charge is -2.12. The van der Waals surface area contributed by atoms with Crippen molar-refractivity contribution in [1.82, 2.24) is 4.57 Å². The third kappa shape index (κ3) is 1.92. The molecule has 134 valence electrons. The molecule has 5 aromatic carbocycles. The summed E-state index contributed by atoms with van der Waals surface area (Å²) in [4.78, 5) is 0. The van der Waals surface area contributed by atoms with Gasteiger partial charge in [0.2, 0.25) is 0 Å². The molecule has 0 unspecified atom stereocenters. The standard InChI is InChI=1S/C26H19NO/c1-2-27-25-10-6-5-9-20(25)24-14-22-19-12-11-16(28)13-21(19)17-7-3-4-8-18(17)23(22)15-26(24)27/h3-15,28H,2H2,1H3. The van der Waals surface area contributed by atoms with Gasteiger partial charge in [-0.15, -0.1) is 0 Å². The second kappa shape index (κ2) is 5.49. The Hall–Kier alpha value is -3.52. The van der Waals surface area contributed by atoms with E-state index in [9.17, 15) is 5.11 Å². The summed E-state index contributed by atoms with van der Waals surface area (Å²) >= 11 is 0. The van der Waals surface area contributed by atoms with E-state index in [1.807, 2.05) is 12.1 Å². The van der Waals surface area contributed by atoms with Crippen LogP contribution in [0.5, 0.6) is 5.75 Å². The average molecular weight is 361 g/mol. The molecule has 0 saturated carbocycles. The van der Waals surface area contributed by atoms with Crippen LogP contribution in [0.3, 0.4) is 0 Å². The number of fused-ring (bicyclic) bond motifs is 9. The van der Waals surface area contributed by atoms with Crippen molar-refractivity contribution in [3.8, 4) is 5.75 Å². The van der Waals surface area contributed by atoms with E-state index in [4.69, 9.17) is 0 Å². The Balaban J connectivity index is 1.95. The number of phenolic OH excluding ortho intramolecular Hbond substituents is 1. The summed E-state index contributed by atoms with van der Waals surface area (Å²) in [6.07, 6.45) is 0. The molecule has 1 heterocycles. The van der Waals surface area contributed by atoms with E-state index >= 15 is 0 Å². The van der Waals surface area contributed by atoms with Gasteiger partial charge in [0.1, 0.15) is 5.75 Å². The molecule has 0 aliphatic carbocycles. The topological polar surface area (TPSA) is 25.2 Å². The highest BCUT2D eigenvalue weighted by Gasteiger charge is 2.14. The Morgan fingerprint density at radius 1 is 0.571 bits per heavy atom. The number of aromatic hydroxyl groups is 1. The molecule has 2 nitrogen and oxygen atoms in total. The first-order chi connectivity index (χ1) is 13.8. The molecular weight excluding hydrogens is 342 g/mol. The number of phenols is 1. The molecule has 0 aliphatic rings. The summed E-state index contributed by atoms with van der Waals surface area (Å²) in [5.41, 5.74) is 2.56. The van der Waals surface area contributed by atoms with Gasteiger partial charge in [-0.3, -0.25) is 0 Å². The lowest BCUT2D eigenvalue weighted by molar-refractivity contribution is 0.476. The predicted octanol–water partition coefficient (Wildman–Crippen LogP) is 6.98. The van der Waals surface area contributed by atoms with Crippen LogP contribution in [-0.2, 0) is 6.54 Å². The smallest absolute Gasteiger partial charge is 0.116 e. The summed E-state index contributed by atoms with van der Waals surface area (Å²) in [7, 11) is 0. The number of benzene rings is 5. The normalized spacial score (nSPS) is 12.0. The van der Waals surface area contributed by atoms with Gasteiger partial charge in [-0.1, -0.05) is 48.5 Å². The molecule has 1 N–H and O–H groups in total. The van der Waals surface area contributed by atoms with Gasteiger partial charge in [-0.25, -0.2) is 0 Å². The minimum absolute atomic E-state index is 0.306. The molecule has 0 fully saturated rings. The summed E-state index contributed by atoms with van der Waals surface area (Å²) in [6, 6.07) is 27.5. The minimum atomic E-state index is 0.306. The molecule has 0 amide bonds. The van der Waals surface area contributed by atoms with Crippen molar-refractivity contribution in [3.63, 3.8) is 0 Å². The molecule has 0 aliphatic heterocycles. The van der Waals surface area contributed by atoms with E-state index in [1.54, 1.807) is 6.07 Å². The van der Waals surface area contributed by atoms with Gasteiger partial charge in [0.25, 0.3) is 0 Å². The zero-order valence-electron chi connectivity index (χ0n) is 15.6. The van der Waals surface area contributed by atoms with Crippen LogP contribution in [0.2, 0.25) is 0 Å². The number of rotatable bonds is 1. The number of hydrogen-bond donors (Lipinski definition) is 1. The van der Waals surface area contributed by atoms with Crippen LogP contribution in [-0.4, -0.2) is 9.67 Å². The second-order valence-electron chi connectivity index (χ2n) is 7.45. The monoisotopic (exact) mass is 361 g/mol. The van der Waals surface area contributed by atoms with E-state index in [-0.39, 0.29) is 0 Å². The van der Waals surface area contributed by atoms with Gasteiger partial charge >= 0.3 is 0 Å². The summed E-state index contributed by atoms with van der Waals surface area (Å²) in [5.74, 6) is 0.306. The van der Waals surface area contributed by atoms with Crippen molar-refractivity contribution in [2.75, 3.05) is 0 Å². The van der Waals surface area contributed by atoms with Gasteiger partial charge in [-0.2, -0.15) is 0 Å². The molecule has 0 saturated heterocycles. The highest BCUT2D eigenvalue weighted by Crippen LogP contribution is 2.40. The first-order valence-corrected chi connectivity index (χ1v) is 9.74. The lowest BCUT2D eigenvalue weighted by atomic mass is 9.93. The molecule has 0 spiro atoms. The highest BCUT2D eigenvalue weighted by molar-refractivity contribution is 6.28. The predicted molar refractivity (Wildman–Crippen MR) is 119 cm³/mol. The first kappa shape index (κ1) is 15.5. The van der Waals surface area contributed by atoms with E-state index in [1.165, 1.54) is 48.7 Å². The highest BCUT2D eigenvalue weighted by atomic mass is 16.3. The van der Waals surface area contributed by atoms with Crippen LogP contribution in [0.15, 0.2) is 78.9 Å². The Morgan fingerprint density at radius 2 is 1.18 bits per heavy atom. The molecule has 6 rings (SSSR count). The fourth-order valence-corrected chi connectivity index (χ4v) is 4.82. The maximum Gasteiger partial charge on any atom is 0.116 e. The Kier molecular flexibility index (Phi) is 3.05. The third-order valence-corrected chi connectivity index (χ3v) is 6.03. The zero-order valence-corrected chi connectivity index (χ0v) is 15.6. The van der Waals surface area contributed by atoms with Crippen molar-refractivity contribution >= 4 is 54.1 Å². The SMILES string of the molecule is CCn1c2ccccc2c2cc3c4ccc(O)cc4c4ccccc4c3cc21. The van der Waals surface area contributed by atoms with Gasteiger partial charge in [0.05, 0.1) is 0 Å². The van der Waals surface area contributed by atoms with E-state index in [0.717, 1.165) is 11.9 Å². The van der Waals surface area contributed by atoms with Crippen LogP contribution in [0.25, 0.3) is 54.1 Å². The van der Waals surface area contributed by atoms with Crippen molar-refractivity contribution in [2.45, 2.75) is 13.5 Å². The first-order valence-electron chi connectivity index (χ1n) is 9.74. The van der Waals surface area contributed by atoms with Crippen molar-refractivity contribution in [3.05, 3.63) is 78.9 Å². The maximum absolute atomic E-state index is 10.1. The summed E-state index contributed by atoms with van der Waals surface area (Å²) in [5, 5.41) is 19.9. The zero-order chi connectivity index (χ0) is 18.8. The molecular formula is C26H19NO. The Morgan fingerprint density at radius 3 is 1.93 bits per heavy atom. The van der Waals surface area contributed by atoms with E-state index in [2.05, 4.69) is 72.2 Å². The number of para-hydroxylation sites is 1. The molecule has 1 aromatic heterocycles. The van der Waals surface area contributed by atoms with Crippen LogP contribution in [0.4, 0.5) is 0 Å². The second-order valence-corrected chi connectivity index (χ2v) is 7.45. The van der Waals surface area contributed by atoms with Gasteiger partial charge in [0, 0.05) is 28.4 Å². The van der Waals surface area contributed by atoms with E-state index < -0.39 is 0 Å². The van der Waals surface area contributed by atoms with Crippen LogP contribution >= 0.6 is 0 Å². The largest absolute Gasteiger partial charge is 0.508 e. The maximum atomic E-state index is 10.1. The summed E-state index contributed by atoms with van der Waals surface area (Å²) in [6.45, 7) is 3.15. The quantitative estimate of drug-likeness (QED) is 0.314. The molecule has 0 bridgehead atoms. The Bertz CT molecular complexity index is 1560. The summed E-state index contributed by atoms with van der Waals surface area (Å²) < 4.78 is 2.40. The fraction of sp³-hybridized carbons (Fsp3) is 0.0769. The van der Waals surface area contributed by atoms with Crippen molar-refractivity contribution < 1.29 is 5.11 Å². The number of hydrogen-bond acceptors (Lipinski definition) is 1. The van der Waals surface area contributed by atoms with Gasteiger partial charge in [-0.05, 0) is 69.6 Å². The number of nitrogens with zero attached hydrogens (tertiary/aromatic N) is 1. The lowest BCUT2D eigenvalue weighted by Crippen LogP contribution is -1.93. The molecule has 0 atom stereocenters. The van der Waals surface area contributed by atoms with Crippen LogP contribution < -0.4 is 0 Å². The average Bonchev–Trinajstić information content (AvgIpc) is 3.05. The minimum Gasteiger partial charge on any atom is -0.508 e. The van der Waals surface area contributed by atoms with Gasteiger partial charge in [0.15, 0.2) is 0 Å². The van der Waals surface area contributed by atoms with Crippen LogP contribution in [0.1, 0.15) is 6.92 Å². The molecule has 0 radical (unpaired) electrons. The van der Waals surface area contributed by atoms with Crippen molar-refractivity contribution in [1.29, 1.82) is 0 Å². The van der Waals surface area contributed by atoms with E-state index in [0.29, 0.717) is 5.75 Å². The number of aromatic nitrogens is 1. The third-order valence-electron chi connectivity index (χ3n) is 6.03.